The van der Waals surface area contributed by atoms with Crippen LogP contribution in [0.15, 0.2) is 21.6 Å². The van der Waals surface area contributed by atoms with Crippen LogP contribution in [0.5, 0.6) is 0 Å². The molecule has 102 valence electrons. The minimum absolute atomic E-state index is 0.131. The van der Waals surface area contributed by atoms with Gasteiger partial charge in [0.05, 0.1) is 24.6 Å². The first-order chi connectivity index (χ1) is 9.11. The van der Waals surface area contributed by atoms with Crippen LogP contribution in [-0.2, 0) is 13.1 Å². The highest BCUT2D eigenvalue weighted by atomic mass is 35.5. The van der Waals surface area contributed by atoms with Gasteiger partial charge in [0, 0.05) is 6.54 Å². The van der Waals surface area contributed by atoms with Crippen LogP contribution in [0.2, 0.25) is 5.02 Å². The Morgan fingerprint density at radius 3 is 2.89 bits per heavy atom. The lowest BCUT2D eigenvalue weighted by molar-refractivity contribution is 0.479. The summed E-state index contributed by atoms with van der Waals surface area (Å²) in [6.07, 6.45) is 4.00. The van der Waals surface area contributed by atoms with Crippen molar-refractivity contribution in [1.82, 2.24) is 14.8 Å². The fraction of sp³-hybridized carbons (Fsp3) is 0.417. The zero-order valence-corrected chi connectivity index (χ0v) is 11.6. The fourth-order valence-corrected chi connectivity index (χ4v) is 1.83. The van der Waals surface area contributed by atoms with Crippen molar-refractivity contribution in [3.05, 3.63) is 39.4 Å². The lowest BCUT2D eigenvalue weighted by Crippen LogP contribution is -2.24. The summed E-state index contributed by atoms with van der Waals surface area (Å²) in [6.45, 7) is 4.69. The Balaban J connectivity index is 2.13. The van der Waals surface area contributed by atoms with Crippen LogP contribution in [0.3, 0.4) is 0 Å². The van der Waals surface area contributed by atoms with E-state index in [2.05, 4.69) is 15.4 Å². The third-order valence-corrected chi connectivity index (χ3v) is 2.88. The average Bonchev–Trinajstić information content (AvgIpc) is 2.80. The zero-order chi connectivity index (χ0) is 13.8. The van der Waals surface area contributed by atoms with Gasteiger partial charge >= 0.3 is 0 Å². The van der Waals surface area contributed by atoms with Gasteiger partial charge in [0.2, 0.25) is 5.89 Å². The van der Waals surface area contributed by atoms with Gasteiger partial charge in [0.1, 0.15) is 10.8 Å². The third-order valence-electron chi connectivity index (χ3n) is 2.52. The lowest BCUT2D eigenvalue weighted by atomic mass is 10.4. The summed E-state index contributed by atoms with van der Waals surface area (Å²) in [5, 5.41) is 7.17. The molecule has 19 heavy (non-hydrogen) atoms. The first-order valence-electron chi connectivity index (χ1n) is 6.02. The molecule has 0 fully saturated rings. The number of hydrogen-bond acceptors (Lipinski definition) is 5. The van der Waals surface area contributed by atoms with Crippen LogP contribution in [-0.4, -0.2) is 14.8 Å². The highest BCUT2D eigenvalue weighted by Crippen LogP contribution is 2.16. The molecule has 0 amide bonds. The number of nitrogens with zero attached hydrogens (tertiary/aromatic N) is 3. The Bertz CT molecular complexity index is 620. The second-order valence-corrected chi connectivity index (χ2v) is 4.50. The first-order valence-corrected chi connectivity index (χ1v) is 6.40. The quantitative estimate of drug-likeness (QED) is 0.910. The molecule has 0 aliphatic carbocycles. The van der Waals surface area contributed by atoms with Gasteiger partial charge in [0.25, 0.3) is 5.56 Å². The number of hydrogen-bond donors (Lipinski definition) is 1. The Kier molecular flexibility index (Phi) is 4.21. The highest BCUT2D eigenvalue weighted by Gasteiger charge is 2.09. The van der Waals surface area contributed by atoms with E-state index in [1.165, 1.54) is 10.9 Å². The summed E-state index contributed by atoms with van der Waals surface area (Å²) >= 11 is 6.02. The summed E-state index contributed by atoms with van der Waals surface area (Å²) in [6, 6.07) is 0. The summed E-state index contributed by atoms with van der Waals surface area (Å²) in [4.78, 5) is 15.9. The van der Waals surface area contributed by atoms with E-state index >= 15 is 0 Å². The zero-order valence-electron chi connectivity index (χ0n) is 10.8. The predicted octanol–water partition coefficient (Wildman–Crippen LogP) is 2.22. The number of aromatic nitrogens is 3. The second kappa shape index (κ2) is 5.88. The van der Waals surface area contributed by atoms with Gasteiger partial charge in [-0.1, -0.05) is 18.5 Å². The largest absolute Gasteiger partial charge is 0.444 e. The lowest BCUT2D eigenvalue weighted by Gasteiger charge is -2.08. The van der Waals surface area contributed by atoms with Gasteiger partial charge < -0.3 is 9.73 Å². The van der Waals surface area contributed by atoms with Crippen LogP contribution in [0, 0.1) is 6.92 Å². The molecule has 2 aromatic heterocycles. The van der Waals surface area contributed by atoms with E-state index in [-0.39, 0.29) is 10.6 Å². The smallest absolute Gasteiger partial charge is 0.287 e. The molecule has 1 N–H and O–H groups in total. The molecule has 0 unspecified atom stereocenters. The van der Waals surface area contributed by atoms with Crippen molar-refractivity contribution in [2.24, 2.45) is 0 Å². The number of rotatable bonds is 5. The van der Waals surface area contributed by atoms with Gasteiger partial charge in [-0.05, 0) is 13.3 Å². The molecule has 0 saturated heterocycles. The van der Waals surface area contributed by atoms with E-state index in [0.29, 0.717) is 24.7 Å². The summed E-state index contributed by atoms with van der Waals surface area (Å²) in [5.41, 5.74) is 0.187. The van der Waals surface area contributed by atoms with E-state index in [0.717, 1.165) is 12.2 Å². The minimum Gasteiger partial charge on any atom is -0.444 e. The van der Waals surface area contributed by atoms with Gasteiger partial charge in [-0.3, -0.25) is 4.79 Å². The number of halogens is 1. The molecule has 0 saturated carbocycles. The van der Waals surface area contributed by atoms with Crippen LogP contribution in [0.4, 0.5) is 5.69 Å². The molecule has 0 atom stereocenters. The molecule has 0 bridgehead atoms. The Morgan fingerprint density at radius 1 is 1.47 bits per heavy atom. The Morgan fingerprint density at radius 2 is 2.26 bits per heavy atom. The summed E-state index contributed by atoms with van der Waals surface area (Å²) in [7, 11) is 0. The molecule has 2 rings (SSSR count). The monoisotopic (exact) mass is 282 g/mol. The maximum atomic E-state index is 11.9. The average molecular weight is 283 g/mol. The molecule has 0 spiro atoms. The molecule has 0 radical (unpaired) electrons. The third kappa shape index (κ3) is 3.14. The van der Waals surface area contributed by atoms with Crippen molar-refractivity contribution in [2.45, 2.75) is 33.4 Å². The van der Waals surface area contributed by atoms with Gasteiger partial charge in [-0.15, -0.1) is 0 Å². The molecule has 0 aliphatic heterocycles. The molecule has 0 aliphatic rings. The van der Waals surface area contributed by atoms with Gasteiger partial charge in [-0.25, -0.2) is 9.67 Å². The number of anilines is 1. The molecule has 2 heterocycles. The number of aryl methyl sites for hydroxylation is 2. The highest BCUT2D eigenvalue weighted by molar-refractivity contribution is 6.32. The number of nitrogens with one attached hydrogen (secondary N) is 1. The first kappa shape index (κ1) is 13.6. The van der Waals surface area contributed by atoms with Crippen LogP contribution < -0.4 is 10.9 Å². The second-order valence-electron chi connectivity index (χ2n) is 4.12. The van der Waals surface area contributed by atoms with Gasteiger partial charge in [0.15, 0.2) is 0 Å². The van der Waals surface area contributed by atoms with Crippen LogP contribution in [0.25, 0.3) is 0 Å². The van der Waals surface area contributed by atoms with E-state index in [4.69, 9.17) is 16.0 Å². The van der Waals surface area contributed by atoms with E-state index < -0.39 is 0 Å². The molecule has 6 nitrogen and oxygen atoms in total. The summed E-state index contributed by atoms with van der Waals surface area (Å²) in [5.74, 6) is 1.27. The van der Waals surface area contributed by atoms with Crippen molar-refractivity contribution < 1.29 is 4.42 Å². The van der Waals surface area contributed by atoms with E-state index in [1.807, 2.05) is 13.8 Å². The maximum Gasteiger partial charge on any atom is 0.287 e. The minimum atomic E-state index is -0.294. The normalized spacial score (nSPS) is 10.7. The van der Waals surface area contributed by atoms with Crippen molar-refractivity contribution in [3.63, 3.8) is 0 Å². The molecule has 2 aromatic rings. The van der Waals surface area contributed by atoms with E-state index in [1.54, 1.807) is 6.20 Å². The fourth-order valence-electron chi connectivity index (χ4n) is 1.61. The van der Waals surface area contributed by atoms with Crippen LogP contribution >= 0.6 is 11.6 Å². The predicted molar refractivity (Wildman–Crippen MR) is 72.4 cm³/mol. The van der Waals surface area contributed by atoms with Gasteiger partial charge in [-0.2, -0.15) is 5.10 Å². The molecular weight excluding hydrogens is 268 g/mol. The van der Waals surface area contributed by atoms with E-state index in [9.17, 15) is 4.79 Å². The molecular formula is C12H15ClN4O2. The SMILES string of the molecule is CCCn1ncc(NCc2ncc(C)o2)c(Cl)c1=O. The van der Waals surface area contributed by atoms with Crippen molar-refractivity contribution in [1.29, 1.82) is 0 Å². The molecule has 7 heteroatoms. The Hall–Kier alpha value is -1.82. The van der Waals surface area contributed by atoms with Crippen molar-refractivity contribution >= 4 is 17.3 Å². The Labute approximate surface area is 115 Å². The topological polar surface area (TPSA) is 73.0 Å². The number of oxazole rings is 1. The summed E-state index contributed by atoms with van der Waals surface area (Å²) < 4.78 is 6.67. The standard InChI is InChI=1S/C12H15ClN4O2/c1-3-4-17-12(18)11(13)9(6-16-17)14-7-10-15-5-8(2)19-10/h5-6,14H,3-4,7H2,1-2H3. The van der Waals surface area contributed by atoms with Crippen molar-refractivity contribution in [3.8, 4) is 0 Å². The molecule has 0 aromatic carbocycles. The van der Waals surface area contributed by atoms with Crippen LogP contribution in [0.1, 0.15) is 25.0 Å². The maximum absolute atomic E-state index is 11.9. The van der Waals surface area contributed by atoms with Crippen molar-refractivity contribution in [2.75, 3.05) is 5.32 Å².